The zero-order chi connectivity index (χ0) is 14.0. The van der Waals surface area contributed by atoms with Crippen LogP contribution >= 0.6 is 15.9 Å². The van der Waals surface area contributed by atoms with E-state index in [1.807, 2.05) is 0 Å². The fourth-order valence-electron chi connectivity index (χ4n) is 1.57. The van der Waals surface area contributed by atoms with Crippen LogP contribution in [-0.2, 0) is 0 Å². The smallest absolute Gasteiger partial charge is 0.150 e. The first kappa shape index (κ1) is 13.6. The molecule has 0 aliphatic rings. The van der Waals surface area contributed by atoms with Crippen molar-refractivity contribution in [2.24, 2.45) is 0 Å². The van der Waals surface area contributed by atoms with Gasteiger partial charge in [0.2, 0.25) is 0 Å². The molecule has 2 aromatic carbocycles. The first-order chi connectivity index (χ1) is 9.01. The largest absolute Gasteiger partial charge is 0.497 e. The Balaban J connectivity index is 2.41. The number of benzene rings is 2. The van der Waals surface area contributed by atoms with Crippen LogP contribution < -0.4 is 15.8 Å². The molecule has 3 nitrogen and oxygen atoms in total. The minimum absolute atomic E-state index is 0.261. The van der Waals surface area contributed by atoms with Crippen LogP contribution in [0.2, 0.25) is 0 Å². The highest BCUT2D eigenvalue weighted by Gasteiger charge is 2.12. The van der Waals surface area contributed by atoms with Crippen LogP contribution in [0.5, 0.6) is 5.75 Å². The van der Waals surface area contributed by atoms with Gasteiger partial charge < -0.3 is 15.8 Å². The summed E-state index contributed by atoms with van der Waals surface area (Å²) in [6, 6.07) is 7.16. The highest BCUT2D eigenvalue weighted by atomic mass is 79.9. The lowest BCUT2D eigenvalue weighted by Gasteiger charge is -2.12. The van der Waals surface area contributed by atoms with Gasteiger partial charge in [0.25, 0.3) is 0 Å². The summed E-state index contributed by atoms with van der Waals surface area (Å²) in [5.41, 5.74) is 6.23. The summed E-state index contributed by atoms with van der Waals surface area (Å²) in [6.07, 6.45) is 0. The minimum atomic E-state index is -0.714. The van der Waals surface area contributed by atoms with Gasteiger partial charge in [-0.1, -0.05) is 15.9 Å². The second kappa shape index (κ2) is 5.44. The highest BCUT2D eigenvalue weighted by molar-refractivity contribution is 9.10. The summed E-state index contributed by atoms with van der Waals surface area (Å²) in [6.45, 7) is 0. The number of nitrogens with two attached hydrogens (primary N) is 1. The molecule has 100 valence electrons. The third-order valence-corrected chi connectivity index (χ3v) is 2.98. The molecule has 19 heavy (non-hydrogen) atoms. The van der Waals surface area contributed by atoms with E-state index in [4.69, 9.17) is 10.5 Å². The van der Waals surface area contributed by atoms with Crippen molar-refractivity contribution in [3.63, 3.8) is 0 Å². The third-order valence-electron chi connectivity index (χ3n) is 2.53. The number of ether oxygens (including phenoxy) is 1. The topological polar surface area (TPSA) is 47.3 Å². The van der Waals surface area contributed by atoms with E-state index >= 15 is 0 Å². The van der Waals surface area contributed by atoms with Gasteiger partial charge in [0.15, 0.2) is 11.6 Å². The number of hydrogen-bond acceptors (Lipinski definition) is 3. The number of methoxy groups -OCH3 is 1. The van der Waals surface area contributed by atoms with Gasteiger partial charge in [-0.15, -0.1) is 0 Å². The summed E-state index contributed by atoms with van der Waals surface area (Å²) in [5.74, 6) is -0.891. The first-order valence-corrected chi connectivity index (χ1v) is 6.15. The van der Waals surface area contributed by atoms with E-state index in [0.717, 1.165) is 0 Å². The van der Waals surface area contributed by atoms with Crippen LogP contribution in [0.25, 0.3) is 0 Å². The maximum absolute atomic E-state index is 13.7. The molecule has 3 N–H and O–H groups in total. The van der Waals surface area contributed by atoms with Crippen LogP contribution in [0.15, 0.2) is 34.8 Å². The second-order valence-electron chi connectivity index (χ2n) is 3.82. The molecule has 0 unspecified atom stereocenters. The lowest BCUT2D eigenvalue weighted by molar-refractivity contribution is 0.415. The molecular formula is C13H11BrF2N2O. The molecule has 6 heteroatoms. The molecule has 0 radical (unpaired) electrons. The zero-order valence-corrected chi connectivity index (χ0v) is 11.6. The van der Waals surface area contributed by atoms with Crippen LogP contribution in [0.1, 0.15) is 0 Å². The fourth-order valence-corrected chi connectivity index (χ4v) is 1.97. The summed E-state index contributed by atoms with van der Waals surface area (Å²) >= 11 is 3.02. The molecule has 2 aromatic rings. The molecule has 0 aromatic heterocycles. The number of rotatable bonds is 3. The number of anilines is 3. The maximum Gasteiger partial charge on any atom is 0.150 e. The molecule has 0 aliphatic carbocycles. The molecule has 0 amide bonds. The van der Waals surface area contributed by atoms with Crippen molar-refractivity contribution in [3.8, 4) is 5.75 Å². The van der Waals surface area contributed by atoms with E-state index in [2.05, 4.69) is 21.2 Å². The van der Waals surface area contributed by atoms with Crippen molar-refractivity contribution >= 4 is 33.0 Å². The van der Waals surface area contributed by atoms with Gasteiger partial charge in [-0.3, -0.25) is 0 Å². The molecule has 0 fully saturated rings. The average molecular weight is 329 g/mol. The Kier molecular flexibility index (Phi) is 3.90. The molecule has 0 saturated heterocycles. The van der Waals surface area contributed by atoms with Crippen LogP contribution in [0, 0.1) is 11.6 Å². The predicted octanol–water partition coefficient (Wildman–Crippen LogP) is 4.06. The molecule has 0 bridgehead atoms. The molecule has 0 atom stereocenters. The Morgan fingerprint density at radius 2 is 1.79 bits per heavy atom. The quantitative estimate of drug-likeness (QED) is 0.835. The summed E-state index contributed by atoms with van der Waals surface area (Å²) in [7, 11) is 1.50. The van der Waals surface area contributed by atoms with Gasteiger partial charge in [-0.25, -0.2) is 8.78 Å². The van der Waals surface area contributed by atoms with E-state index in [1.54, 1.807) is 18.2 Å². The van der Waals surface area contributed by atoms with Crippen molar-refractivity contribution in [1.82, 2.24) is 0 Å². The van der Waals surface area contributed by atoms with Gasteiger partial charge in [0, 0.05) is 10.5 Å². The summed E-state index contributed by atoms with van der Waals surface area (Å²) < 4.78 is 32.8. The number of hydrogen-bond donors (Lipinski definition) is 2. The van der Waals surface area contributed by atoms with E-state index in [-0.39, 0.29) is 5.69 Å². The number of nitrogen functional groups attached to an aromatic ring is 1. The van der Waals surface area contributed by atoms with Crippen molar-refractivity contribution in [3.05, 3.63) is 46.4 Å². The van der Waals surface area contributed by atoms with Crippen molar-refractivity contribution in [2.75, 3.05) is 18.2 Å². The van der Waals surface area contributed by atoms with Gasteiger partial charge in [0.05, 0.1) is 18.5 Å². The fraction of sp³-hybridized carbons (Fsp3) is 0.0769. The van der Waals surface area contributed by atoms with Gasteiger partial charge in [-0.2, -0.15) is 0 Å². The molecular weight excluding hydrogens is 318 g/mol. The Hall–Kier alpha value is -1.82. The lowest BCUT2D eigenvalue weighted by atomic mass is 10.2. The van der Waals surface area contributed by atoms with E-state index in [0.29, 0.717) is 21.6 Å². The first-order valence-electron chi connectivity index (χ1n) is 5.36. The van der Waals surface area contributed by atoms with E-state index in [9.17, 15) is 8.78 Å². The Labute approximate surface area is 117 Å². The molecule has 2 rings (SSSR count). The summed E-state index contributed by atoms with van der Waals surface area (Å²) in [5, 5.41) is 2.63. The third kappa shape index (κ3) is 2.96. The monoisotopic (exact) mass is 328 g/mol. The lowest BCUT2D eigenvalue weighted by Crippen LogP contribution is -2.01. The standard InChI is InChI=1S/C13H11BrF2N2O/c1-19-8-2-3-11(17)12(6-8)18-13-9(15)4-7(14)5-10(13)16/h2-6,18H,17H2,1H3. The van der Waals surface area contributed by atoms with Crippen LogP contribution in [0.4, 0.5) is 25.8 Å². The van der Waals surface area contributed by atoms with Crippen molar-refractivity contribution in [2.45, 2.75) is 0 Å². The molecule has 0 saturated carbocycles. The van der Waals surface area contributed by atoms with Gasteiger partial charge in [-0.05, 0) is 24.3 Å². The average Bonchev–Trinajstić information content (AvgIpc) is 2.35. The minimum Gasteiger partial charge on any atom is -0.497 e. The Morgan fingerprint density at radius 1 is 1.16 bits per heavy atom. The zero-order valence-electron chi connectivity index (χ0n) is 10.0. The second-order valence-corrected chi connectivity index (χ2v) is 4.74. The highest BCUT2D eigenvalue weighted by Crippen LogP contribution is 2.31. The van der Waals surface area contributed by atoms with Crippen molar-refractivity contribution in [1.29, 1.82) is 0 Å². The van der Waals surface area contributed by atoms with E-state index in [1.165, 1.54) is 19.2 Å². The van der Waals surface area contributed by atoms with Crippen molar-refractivity contribution < 1.29 is 13.5 Å². The number of halogens is 3. The predicted molar refractivity (Wildman–Crippen MR) is 74.7 cm³/mol. The van der Waals surface area contributed by atoms with Crippen LogP contribution in [-0.4, -0.2) is 7.11 Å². The molecule has 0 spiro atoms. The normalized spacial score (nSPS) is 10.3. The Bertz CT molecular complexity index is 597. The van der Waals surface area contributed by atoms with Gasteiger partial charge in [0.1, 0.15) is 11.4 Å². The maximum atomic E-state index is 13.7. The molecule has 0 heterocycles. The SMILES string of the molecule is COc1ccc(N)c(Nc2c(F)cc(Br)cc2F)c1. The van der Waals surface area contributed by atoms with Crippen LogP contribution in [0.3, 0.4) is 0 Å². The summed E-state index contributed by atoms with van der Waals surface area (Å²) in [4.78, 5) is 0. The number of nitrogens with one attached hydrogen (secondary N) is 1. The Morgan fingerprint density at radius 3 is 2.37 bits per heavy atom. The van der Waals surface area contributed by atoms with E-state index < -0.39 is 11.6 Å². The molecule has 0 aliphatic heterocycles. The van der Waals surface area contributed by atoms with Gasteiger partial charge >= 0.3 is 0 Å².